The number of alkyl halides is 2. The zero-order valence-electron chi connectivity index (χ0n) is 6.78. The standard InChI is InChI=1S/C9H8F3N/c10-6-1-2-8-7(5-6)9(11,12)3-4-13-8/h1-2,5,13H,3-4H2. The molecule has 1 N–H and O–H groups in total. The summed E-state index contributed by atoms with van der Waals surface area (Å²) in [5.74, 6) is -3.52. The van der Waals surface area contributed by atoms with Crippen LogP contribution in [0.15, 0.2) is 18.2 Å². The van der Waals surface area contributed by atoms with E-state index in [2.05, 4.69) is 5.32 Å². The predicted molar refractivity (Wildman–Crippen MR) is 43.4 cm³/mol. The highest BCUT2D eigenvalue weighted by Crippen LogP contribution is 2.39. The van der Waals surface area contributed by atoms with E-state index in [0.29, 0.717) is 5.69 Å². The Bertz CT molecular complexity index is 336. The predicted octanol–water partition coefficient (Wildman–Crippen LogP) is 2.73. The average molecular weight is 187 g/mol. The minimum atomic E-state index is -2.90. The largest absolute Gasteiger partial charge is 0.384 e. The number of benzene rings is 1. The first-order valence-electron chi connectivity index (χ1n) is 4.01. The highest BCUT2D eigenvalue weighted by molar-refractivity contribution is 5.55. The first-order chi connectivity index (χ1) is 6.09. The second-order valence-electron chi connectivity index (χ2n) is 3.07. The van der Waals surface area contributed by atoms with Gasteiger partial charge in [0.2, 0.25) is 0 Å². The van der Waals surface area contributed by atoms with Gasteiger partial charge >= 0.3 is 0 Å². The molecule has 2 rings (SSSR count). The van der Waals surface area contributed by atoms with Crippen molar-refractivity contribution in [2.75, 3.05) is 11.9 Å². The van der Waals surface area contributed by atoms with Crippen molar-refractivity contribution in [2.45, 2.75) is 12.3 Å². The molecule has 1 heterocycles. The van der Waals surface area contributed by atoms with Crippen LogP contribution in [0.1, 0.15) is 12.0 Å². The van der Waals surface area contributed by atoms with Gasteiger partial charge in [-0.1, -0.05) is 0 Å². The third-order valence-electron chi connectivity index (χ3n) is 2.13. The molecule has 1 aromatic carbocycles. The number of fused-ring (bicyclic) bond motifs is 1. The summed E-state index contributed by atoms with van der Waals surface area (Å²) in [6, 6.07) is 3.41. The van der Waals surface area contributed by atoms with Crippen molar-refractivity contribution < 1.29 is 13.2 Å². The Morgan fingerprint density at radius 1 is 1.31 bits per heavy atom. The average Bonchev–Trinajstić information content (AvgIpc) is 2.06. The number of rotatable bonds is 0. The molecule has 1 aliphatic heterocycles. The van der Waals surface area contributed by atoms with Crippen LogP contribution in [0.3, 0.4) is 0 Å². The van der Waals surface area contributed by atoms with Gasteiger partial charge in [-0.25, -0.2) is 13.2 Å². The minimum Gasteiger partial charge on any atom is -0.384 e. The summed E-state index contributed by atoms with van der Waals surface area (Å²) in [6.45, 7) is 0.228. The Hall–Kier alpha value is -1.19. The summed E-state index contributed by atoms with van der Waals surface area (Å²) >= 11 is 0. The highest BCUT2D eigenvalue weighted by atomic mass is 19.3. The Labute approximate surface area is 73.6 Å². The normalized spacial score (nSPS) is 19.0. The van der Waals surface area contributed by atoms with E-state index in [1.807, 2.05) is 0 Å². The van der Waals surface area contributed by atoms with Crippen LogP contribution >= 0.6 is 0 Å². The summed E-state index contributed by atoms with van der Waals surface area (Å²) < 4.78 is 39.0. The first-order valence-corrected chi connectivity index (χ1v) is 4.01. The zero-order valence-corrected chi connectivity index (χ0v) is 6.78. The fraction of sp³-hybridized carbons (Fsp3) is 0.333. The van der Waals surface area contributed by atoms with Crippen LogP contribution in [0.25, 0.3) is 0 Å². The summed E-state index contributed by atoms with van der Waals surface area (Å²) in [5.41, 5.74) is 0.0939. The first kappa shape index (κ1) is 8.41. The lowest BCUT2D eigenvalue weighted by atomic mass is 9.99. The minimum absolute atomic E-state index is 0.228. The quantitative estimate of drug-likeness (QED) is 0.658. The van der Waals surface area contributed by atoms with Gasteiger partial charge in [0, 0.05) is 24.2 Å². The van der Waals surface area contributed by atoms with Crippen molar-refractivity contribution in [1.82, 2.24) is 0 Å². The molecule has 70 valence electrons. The van der Waals surface area contributed by atoms with Gasteiger partial charge in [-0.05, 0) is 18.2 Å². The number of halogens is 3. The van der Waals surface area contributed by atoms with E-state index < -0.39 is 11.7 Å². The summed E-state index contributed by atoms with van der Waals surface area (Å²) in [5, 5.41) is 2.80. The van der Waals surface area contributed by atoms with Gasteiger partial charge in [-0.3, -0.25) is 0 Å². The van der Waals surface area contributed by atoms with Gasteiger partial charge in [0.05, 0.1) is 0 Å². The van der Waals surface area contributed by atoms with Crippen LogP contribution in [-0.4, -0.2) is 6.54 Å². The number of hydrogen-bond donors (Lipinski definition) is 1. The Kier molecular flexibility index (Phi) is 1.71. The smallest absolute Gasteiger partial charge is 0.277 e. The van der Waals surface area contributed by atoms with Crippen LogP contribution in [0.2, 0.25) is 0 Å². The molecule has 1 aromatic rings. The van der Waals surface area contributed by atoms with Crippen LogP contribution in [0.5, 0.6) is 0 Å². The van der Waals surface area contributed by atoms with Crippen LogP contribution < -0.4 is 5.32 Å². The van der Waals surface area contributed by atoms with Crippen LogP contribution in [0, 0.1) is 5.82 Å². The van der Waals surface area contributed by atoms with Crippen molar-refractivity contribution in [2.24, 2.45) is 0 Å². The maximum absolute atomic E-state index is 13.2. The fourth-order valence-electron chi connectivity index (χ4n) is 1.46. The molecule has 0 unspecified atom stereocenters. The molecule has 1 nitrogen and oxygen atoms in total. The third-order valence-corrected chi connectivity index (χ3v) is 2.13. The molecule has 4 heteroatoms. The molecule has 0 saturated heterocycles. The van der Waals surface area contributed by atoms with E-state index in [4.69, 9.17) is 0 Å². The number of anilines is 1. The topological polar surface area (TPSA) is 12.0 Å². The lowest BCUT2D eigenvalue weighted by molar-refractivity contribution is -0.0125. The Morgan fingerprint density at radius 2 is 2.08 bits per heavy atom. The SMILES string of the molecule is Fc1ccc2c(c1)C(F)(F)CCN2. The van der Waals surface area contributed by atoms with Gasteiger partial charge in [0.15, 0.2) is 0 Å². The van der Waals surface area contributed by atoms with E-state index in [9.17, 15) is 13.2 Å². The molecule has 0 bridgehead atoms. The maximum atomic E-state index is 13.2. The summed E-state index contributed by atoms with van der Waals surface area (Å²) in [6.07, 6.45) is -0.274. The van der Waals surface area contributed by atoms with Gasteiger partial charge < -0.3 is 5.32 Å². The number of nitrogens with one attached hydrogen (secondary N) is 1. The molecule has 0 saturated carbocycles. The van der Waals surface area contributed by atoms with Crippen molar-refractivity contribution in [3.05, 3.63) is 29.6 Å². The van der Waals surface area contributed by atoms with E-state index in [1.165, 1.54) is 12.1 Å². The van der Waals surface area contributed by atoms with Crippen molar-refractivity contribution in [3.63, 3.8) is 0 Å². The maximum Gasteiger partial charge on any atom is 0.277 e. The number of hydrogen-bond acceptors (Lipinski definition) is 1. The molecule has 0 amide bonds. The van der Waals surface area contributed by atoms with E-state index in [0.717, 1.165) is 6.07 Å². The van der Waals surface area contributed by atoms with Crippen LogP contribution in [-0.2, 0) is 5.92 Å². The molecular weight excluding hydrogens is 179 g/mol. The summed E-state index contributed by atoms with van der Waals surface area (Å²) in [7, 11) is 0. The Balaban J connectivity index is 2.55. The Morgan fingerprint density at radius 3 is 2.85 bits per heavy atom. The van der Waals surface area contributed by atoms with Crippen LogP contribution in [0.4, 0.5) is 18.9 Å². The third kappa shape index (κ3) is 1.36. The molecule has 13 heavy (non-hydrogen) atoms. The van der Waals surface area contributed by atoms with Gasteiger partial charge in [0.1, 0.15) is 5.82 Å². The van der Waals surface area contributed by atoms with Crippen molar-refractivity contribution in [3.8, 4) is 0 Å². The van der Waals surface area contributed by atoms with Crippen molar-refractivity contribution >= 4 is 5.69 Å². The molecule has 0 fully saturated rings. The lowest BCUT2D eigenvalue weighted by Gasteiger charge is -2.26. The van der Waals surface area contributed by atoms with Gasteiger partial charge in [-0.2, -0.15) is 0 Å². The molecular formula is C9H8F3N. The molecule has 1 aliphatic rings. The van der Waals surface area contributed by atoms with Gasteiger partial charge in [0.25, 0.3) is 5.92 Å². The van der Waals surface area contributed by atoms with Gasteiger partial charge in [-0.15, -0.1) is 0 Å². The highest BCUT2D eigenvalue weighted by Gasteiger charge is 2.36. The summed E-state index contributed by atoms with van der Waals surface area (Å²) in [4.78, 5) is 0. The van der Waals surface area contributed by atoms with E-state index in [-0.39, 0.29) is 18.5 Å². The second-order valence-corrected chi connectivity index (χ2v) is 3.07. The monoisotopic (exact) mass is 187 g/mol. The molecule has 0 aliphatic carbocycles. The second kappa shape index (κ2) is 2.65. The van der Waals surface area contributed by atoms with E-state index in [1.54, 1.807) is 0 Å². The zero-order chi connectivity index (χ0) is 9.47. The lowest BCUT2D eigenvalue weighted by Crippen LogP contribution is -2.25. The molecule has 0 aromatic heterocycles. The van der Waals surface area contributed by atoms with Crippen molar-refractivity contribution in [1.29, 1.82) is 0 Å². The molecule has 0 spiro atoms. The fourth-order valence-corrected chi connectivity index (χ4v) is 1.46. The molecule has 0 radical (unpaired) electrons. The van der Waals surface area contributed by atoms with E-state index >= 15 is 0 Å². The molecule has 0 atom stereocenters.